The quantitative estimate of drug-likeness (QED) is 0.632. The van der Waals surface area contributed by atoms with Gasteiger partial charge in [-0.3, -0.25) is 0 Å². The highest BCUT2D eigenvalue weighted by atomic mass is 32.1. The molecule has 1 heterocycles. The van der Waals surface area contributed by atoms with Crippen LogP contribution in [0.15, 0.2) is 53.1 Å². The second-order valence-electron chi connectivity index (χ2n) is 3.59. The van der Waals surface area contributed by atoms with E-state index < -0.39 is 0 Å². The van der Waals surface area contributed by atoms with Crippen molar-refractivity contribution in [1.29, 1.82) is 0 Å². The van der Waals surface area contributed by atoms with E-state index in [9.17, 15) is 0 Å². The van der Waals surface area contributed by atoms with Crippen LogP contribution in [-0.4, -0.2) is 4.98 Å². The van der Waals surface area contributed by atoms with Crippen molar-refractivity contribution >= 4 is 23.0 Å². The topological polar surface area (TPSA) is 28.9 Å². The molecule has 0 spiro atoms. The average Bonchev–Trinajstić information content (AvgIpc) is 2.75. The molecule has 0 atom stereocenters. The van der Waals surface area contributed by atoms with E-state index >= 15 is 0 Å². The zero-order chi connectivity index (χ0) is 11.0. The molecule has 0 bridgehead atoms. The van der Waals surface area contributed by atoms with Crippen molar-refractivity contribution in [3.05, 3.63) is 53.6 Å². The summed E-state index contributed by atoms with van der Waals surface area (Å²) in [5.74, 6) is 0. The molecule has 0 saturated heterocycles. The summed E-state index contributed by atoms with van der Waals surface area (Å²) in [4.78, 5) is 3.44. The molecular formula is C13H9NOS. The van der Waals surface area contributed by atoms with Crippen LogP contribution in [0.3, 0.4) is 0 Å². The summed E-state index contributed by atoms with van der Waals surface area (Å²) in [7, 11) is 0. The molecule has 0 saturated carbocycles. The van der Waals surface area contributed by atoms with Crippen LogP contribution < -0.4 is 0 Å². The summed E-state index contributed by atoms with van der Waals surface area (Å²) in [6.45, 7) is 0. The van der Waals surface area contributed by atoms with Crippen LogP contribution in [0.4, 0.5) is 0 Å². The third-order valence-electron chi connectivity index (χ3n) is 2.60. The molecule has 2 nitrogen and oxygen atoms in total. The normalized spacial score (nSPS) is 10.8. The number of rotatable bonds is 1. The molecule has 0 fully saturated rings. The maximum atomic E-state index is 5.13. The van der Waals surface area contributed by atoms with Gasteiger partial charge in [-0.15, -0.1) is 0 Å². The Balaban J connectivity index is 2.35. The second kappa shape index (κ2) is 3.61. The van der Waals surface area contributed by atoms with E-state index in [1.807, 2.05) is 18.2 Å². The molecule has 0 radical (unpaired) electrons. The Kier molecular flexibility index (Phi) is 2.11. The Morgan fingerprint density at radius 3 is 2.62 bits per heavy atom. The third-order valence-corrected chi connectivity index (χ3v) is 2.80. The van der Waals surface area contributed by atoms with Crippen LogP contribution in [0.2, 0.25) is 0 Å². The molecule has 2 aromatic carbocycles. The number of aromatic nitrogens is 1. The van der Waals surface area contributed by atoms with Crippen LogP contribution in [0.5, 0.6) is 0 Å². The standard InChI is InChI=1S/C13H9NOS/c16-13-14-12(8-15-13)11-7-3-5-9-4-1-2-6-10(9)11/h1-8H,(H,14,16). The summed E-state index contributed by atoms with van der Waals surface area (Å²) in [6.07, 6.45) is 1.66. The molecule has 0 aliphatic rings. The number of fused-ring (bicyclic) bond motifs is 1. The maximum absolute atomic E-state index is 5.13. The Morgan fingerprint density at radius 1 is 1.00 bits per heavy atom. The monoisotopic (exact) mass is 227 g/mol. The minimum Gasteiger partial charge on any atom is -0.437 e. The smallest absolute Gasteiger partial charge is 0.266 e. The van der Waals surface area contributed by atoms with Crippen molar-refractivity contribution < 1.29 is 4.42 Å². The number of hydrogen-bond acceptors (Lipinski definition) is 2. The molecule has 3 rings (SSSR count). The highest BCUT2D eigenvalue weighted by Crippen LogP contribution is 2.27. The fourth-order valence-electron chi connectivity index (χ4n) is 1.87. The van der Waals surface area contributed by atoms with Crippen molar-refractivity contribution in [2.24, 2.45) is 0 Å². The Morgan fingerprint density at radius 2 is 1.81 bits per heavy atom. The number of hydrogen-bond donors (Lipinski definition) is 1. The van der Waals surface area contributed by atoms with Crippen LogP contribution in [0.1, 0.15) is 0 Å². The minimum atomic E-state index is 0.405. The van der Waals surface area contributed by atoms with E-state index in [1.165, 1.54) is 10.8 Å². The first kappa shape index (κ1) is 9.36. The number of aromatic amines is 1. The Labute approximate surface area is 97.5 Å². The highest BCUT2D eigenvalue weighted by molar-refractivity contribution is 7.71. The number of oxazole rings is 1. The van der Waals surface area contributed by atoms with E-state index in [0.717, 1.165) is 11.3 Å². The summed E-state index contributed by atoms with van der Waals surface area (Å²) >= 11 is 4.93. The lowest BCUT2D eigenvalue weighted by Crippen LogP contribution is -1.80. The van der Waals surface area contributed by atoms with Gasteiger partial charge in [-0.05, 0) is 23.0 Å². The van der Waals surface area contributed by atoms with Gasteiger partial charge < -0.3 is 9.40 Å². The van der Waals surface area contributed by atoms with Gasteiger partial charge in [-0.1, -0.05) is 42.5 Å². The van der Waals surface area contributed by atoms with Crippen LogP contribution >= 0.6 is 12.2 Å². The van der Waals surface area contributed by atoms with Crippen LogP contribution in [0, 0.1) is 4.84 Å². The first-order valence-corrected chi connectivity index (χ1v) is 5.41. The fraction of sp³-hybridized carbons (Fsp3) is 0. The summed E-state index contributed by atoms with van der Waals surface area (Å²) < 4.78 is 5.13. The Bertz CT molecular complexity index is 691. The van der Waals surface area contributed by atoms with Gasteiger partial charge in [0.25, 0.3) is 4.84 Å². The summed E-state index contributed by atoms with van der Waals surface area (Å²) in [5.41, 5.74) is 2.03. The van der Waals surface area contributed by atoms with Crippen molar-refractivity contribution in [2.45, 2.75) is 0 Å². The van der Waals surface area contributed by atoms with Crippen LogP contribution in [-0.2, 0) is 0 Å². The average molecular weight is 227 g/mol. The summed E-state index contributed by atoms with van der Waals surface area (Å²) in [5, 5.41) is 2.40. The summed E-state index contributed by atoms with van der Waals surface area (Å²) in [6, 6.07) is 14.4. The van der Waals surface area contributed by atoms with Gasteiger partial charge in [0.1, 0.15) is 6.26 Å². The molecule has 1 aromatic heterocycles. The minimum absolute atomic E-state index is 0.405. The lowest BCUT2D eigenvalue weighted by atomic mass is 10.0. The van der Waals surface area contributed by atoms with E-state index in [-0.39, 0.29) is 0 Å². The molecule has 78 valence electrons. The molecule has 0 aliphatic carbocycles. The van der Waals surface area contributed by atoms with E-state index in [0.29, 0.717) is 4.84 Å². The van der Waals surface area contributed by atoms with Gasteiger partial charge in [0, 0.05) is 5.56 Å². The van der Waals surface area contributed by atoms with E-state index in [1.54, 1.807) is 6.26 Å². The van der Waals surface area contributed by atoms with Crippen molar-refractivity contribution in [3.8, 4) is 11.3 Å². The van der Waals surface area contributed by atoms with Crippen molar-refractivity contribution in [1.82, 2.24) is 4.98 Å². The first-order valence-electron chi connectivity index (χ1n) is 5.00. The van der Waals surface area contributed by atoms with Gasteiger partial charge in [0.2, 0.25) is 0 Å². The molecule has 0 amide bonds. The van der Waals surface area contributed by atoms with Gasteiger partial charge in [0.05, 0.1) is 5.69 Å². The first-order chi connectivity index (χ1) is 7.84. The van der Waals surface area contributed by atoms with Gasteiger partial charge in [-0.2, -0.15) is 0 Å². The number of H-pyrrole nitrogens is 1. The molecular weight excluding hydrogens is 218 g/mol. The van der Waals surface area contributed by atoms with Crippen molar-refractivity contribution in [3.63, 3.8) is 0 Å². The second-order valence-corrected chi connectivity index (χ2v) is 3.96. The lowest BCUT2D eigenvalue weighted by molar-refractivity contribution is 0.541. The largest absolute Gasteiger partial charge is 0.437 e. The maximum Gasteiger partial charge on any atom is 0.266 e. The molecule has 3 heteroatoms. The van der Waals surface area contributed by atoms with Crippen molar-refractivity contribution in [2.75, 3.05) is 0 Å². The molecule has 3 aromatic rings. The van der Waals surface area contributed by atoms with Gasteiger partial charge >= 0.3 is 0 Å². The van der Waals surface area contributed by atoms with Gasteiger partial charge in [0.15, 0.2) is 0 Å². The predicted octanol–water partition coefficient (Wildman–Crippen LogP) is 4.16. The highest BCUT2D eigenvalue weighted by Gasteiger charge is 2.04. The molecule has 1 N–H and O–H groups in total. The predicted molar refractivity (Wildman–Crippen MR) is 66.8 cm³/mol. The van der Waals surface area contributed by atoms with E-state index in [4.69, 9.17) is 16.6 Å². The number of benzene rings is 2. The van der Waals surface area contributed by atoms with Crippen LogP contribution in [0.25, 0.3) is 22.0 Å². The fourth-order valence-corrected chi connectivity index (χ4v) is 2.03. The Hall–Kier alpha value is -1.87. The lowest BCUT2D eigenvalue weighted by Gasteiger charge is -2.02. The van der Waals surface area contributed by atoms with E-state index in [2.05, 4.69) is 29.2 Å². The SMILES string of the molecule is S=c1[nH]c(-c2cccc3ccccc23)co1. The zero-order valence-electron chi connectivity index (χ0n) is 8.44. The molecule has 16 heavy (non-hydrogen) atoms. The third kappa shape index (κ3) is 1.46. The zero-order valence-corrected chi connectivity index (χ0v) is 9.25. The molecule has 0 unspecified atom stereocenters. The van der Waals surface area contributed by atoms with Gasteiger partial charge in [-0.25, -0.2) is 0 Å². The number of nitrogens with one attached hydrogen (secondary N) is 1. The molecule has 0 aliphatic heterocycles.